The van der Waals surface area contributed by atoms with Gasteiger partial charge < -0.3 is 4.90 Å². The Morgan fingerprint density at radius 1 is 1.32 bits per heavy atom. The highest BCUT2D eigenvalue weighted by Crippen LogP contribution is 2.38. The average molecular weight is 268 g/mol. The van der Waals surface area contributed by atoms with Gasteiger partial charge in [0.1, 0.15) is 0 Å². The second-order valence-electron chi connectivity index (χ2n) is 5.41. The topological polar surface area (TPSA) is 27.0 Å². The molecule has 0 radical (unpaired) electrons. The monoisotopic (exact) mass is 268 g/mol. The summed E-state index contributed by atoms with van der Waals surface area (Å²) in [6, 6.07) is 5.55. The highest BCUT2D eigenvalue weighted by Gasteiger charge is 2.36. The van der Waals surface area contributed by atoms with Crippen molar-refractivity contribution in [3.63, 3.8) is 0 Å². The summed E-state index contributed by atoms with van der Waals surface area (Å²) in [7, 11) is 0. The molecule has 1 aromatic rings. The molecule has 0 saturated carbocycles. The van der Waals surface area contributed by atoms with Gasteiger partial charge in [0.25, 0.3) is 0 Å². The zero-order chi connectivity index (χ0) is 14.3. The molecular formula is C14H15F3N2. The van der Waals surface area contributed by atoms with Crippen molar-refractivity contribution in [3.05, 3.63) is 29.3 Å². The Labute approximate surface area is 110 Å². The molecule has 0 N–H and O–H groups in total. The summed E-state index contributed by atoms with van der Waals surface area (Å²) in [5.41, 5.74) is -0.783. The number of hydrogen-bond donors (Lipinski definition) is 0. The zero-order valence-electron chi connectivity index (χ0n) is 10.9. The molecule has 0 amide bonds. The lowest BCUT2D eigenvalue weighted by atomic mass is 10.0. The predicted molar refractivity (Wildman–Crippen MR) is 66.8 cm³/mol. The van der Waals surface area contributed by atoms with Gasteiger partial charge in [0.05, 0.1) is 17.2 Å². The highest BCUT2D eigenvalue weighted by atomic mass is 19.4. The van der Waals surface area contributed by atoms with E-state index >= 15 is 0 Å². The van der Waals surface area contributed by atoms with Gasteiger partial charge in [-0.25, -0.2) is 0 Å². The maximum Gasteiger partial charge on any atom is 0.417 e. The molecule has 5 heteroatoms. The smallest absolute Gasteiger partial charge is 0.366 e. The van der Waals surface area contributed by atoms with E-state index in [-0.39, 0.29) is 11.1 Å². The third-order valence-electron chi connectivity index (χ3n) is 3.64. The summed E-state index contributed by atoms with van der Waals surface area (Å²) in [5.74, 6) is 0. The molecule has 2 rings (SSSR count). The van der Waals surface area contributed by atoms with Crippen molar-refractivity contribution in [2.45, 2.75) is 38.4 Å². The average Bonchev–Trinajstić information content (AvgIpc) is 2.67. The molecule has 0 aromatic heterocycles. The number of nitrogens with zero attached hydrogens (tertiary/aromatic N) is 2. The second kappa shape index (κ2) is 4.44. The fraction of sp³-hybridized carbons (Fsp3) is 0.500. The maximum atomic E-state index is 12.9. The van der Waals surface area contributed by atoms with Crippen LogP contribution in [0.25, 0.3) is 0 Å². The van der Waals surface area contributed by atoms with Crippen LogP contribution >= 0.6 is 0 Å². The minimum atomic E-state index is -4.50. The summed E-state index contributed by atoms with van der Waals surface area (Å²) < 4.78 is 38.8. The number of anilines is 1. The van der Waals surface area contributed by atoms with Crippen LogP contribution in [0.1, 0.15) is 37.8 Å². The van der Waals surface area contributed by atoms with E-state index in [0.29, 0.717) is 5.69 Å². The Morgan fingerprint density at radius 2 is 2.00 bits per heavy atom. The van der Waals surface area contributed by atoms with E-state index in [0.717, 1.165) is 25.5 Å². The van der Waals surface area contributed by atoms with Crippen LogP contribution in [0.2, 0.25) is 0 Å². The molecule has 1 aliphatic heterocycles. The molecule has 0 atom stereocenters. The molecule has 2 nitrogen and oxygen atoms in total. The van der Waals surface area contributed by atoms with Gasteiger partial charge >= 0.3 is 6.18 Å². The van der Waals surface area contributed by atoms with Gasteiger partial charge in [0.2, 0.25) is 0 Å². The Kier molecular flexibility index (Phi) is 3.21. The minimum absolute atomic E-state index is 0.142. The van der Waals surface area contributed by atoms with Crippen LogP contribution in [0.5, 0.6) is 0 Å². The van der Waals surface area contributed by atoms with Crippen molar-refractivity contribution < 1.29 is 13.2 Å². The lowest BCUT2D eigenvalue weighted by molar-refractivity contribution is -0.137. The van der Waals surface area contributed by atoms with Crippen molar-refractivity contribution >= 4 is 5.69 Å². The van der Waals surface area contributed by atoms with Crippen molar-refractivity contribution in [2.24, 2.45) is 0 Å². The normalized spacial score (nSPS) is 18.4. The largest absolute Gasteiger partial charge is 0.417 e. The molecule has 1 aliphatic rings. The molecule has 1 heterocycles. The third-order valence-corrected chi connectivity index (χ3v) is 3.64. The summed E-state index contributed by atoms with van der Waals surface area (Å²) >= 11 is 0. The number of rotatable bonds is 1. The molecule has 1 aromatic carbocycles. The lowest BCUT2D eigenvalue weighted by Gasteiger charge is -2.34. The van der Waals surface area contributed by atoms with Gasteiger partial charge in [-0.3, -0.25) is 0 Å². The molecule has 1 saturated heterocycles. The molecule has 19 heavy (non-hydrogen) atoms. The van der Waals surface area contributed by atoms with E-state index in [4.69, 9.17) is 5.26 Å². The van der Waals surface area contributed by atoms with Crippen LogP contribution in [0.15, 0.2) is 18.2 Å². The van der Waals surface area contributed by atoms with Crippen LogP contribution < -0.4 is 4.90 Å². The Morgan fingerprint density at radius 3 is 2.47 bits per heavy atom. The molecule has 0 bridgehead atoms. The first kappa shape index (κ1) is 13.7. The fourth-order valence-corrected chi connectivity index (χ4v) is 2.62. The highest BCUT2D eigenvalue weighted by molar-refractivity contribution is 5.56. The molecule has 102 valence electrons. The van der Waals surface area contributed by atoms with Gasteiger partial charge in [-0.15, -0.1) is 0 Å². The molecule has 0 spiro atoms. The van der Waals surface area contributed by atoms with Crippen LogP contribution in [-0.4, -0.2) is 12.1 Å². The number of benzene rings is 1. The van der Waals surface area contributed by atoms with Gasteiger partial charge in [0.15, 0.2) is 0 Å². The standard InChI is InChI=1S/C14H15F3N2/c1-13(2)6-3-7-19(13)11-5-4-10(9-18)12(8-11)14(15,16)17/h4-5,8H,3,6-7H2,1-2H3. The van der Waals surface area contributed by atoms with E-state index < -0.39 is 11.7 Å². The lowest BCUT2D eigenvalue weighted by Crippen LogP contribution is -2.38. The van der Waals surface area contributed by atoms with Crippen molar-refractivity contribution in [1.29, 1.82) is 5.26 Å². The first-order valence-corrected chi connectivity index (χ1v) is 6.15. The SMILES string of the molecule is CC1(C)CCCN1c1ccc(C#N)c(C(F)(F)F)c1. The van der Waals surface area contributed by atoms with Crippen molar-refractivity contribution in [1.82, 2.24) is 0 Å². The number of alkyl halides is 3. The zero-order valence-corrected chi connectivity index (χ0v) is 10.9. The minimum Gasteiger partial charge on any atom is -0.366 e. The number of nitriles is 1. The summed E-state index contributed by atoms with van der Waals surface area (Å²) in [6.45, 7) is 4.78. The van der Waals surface area contributed by atoms with E-state index in [1.807, 2.05) is 18.7 Å². The number of halogens is 3. The Hall–Kier alpha value is -1.70. The van der Waals surface area contributed by atoms with Crippen LogP contribution in [0.4, 0.5) is 18.9 Å². The van der Waals surface area contributed by atoms with Gasteiger partial charge in [-0.05, 0) is 44.9 Å². The summed E-state index contributed by atoms with van der Waals surface area (Å²) in [4.78, 5) is 1.98. The van der Waals surface area contributed by atoms with Crippen molar-refractivity contribution in [3.8, 4) is 6.07 Å². The van der Waals surface area contributed by atoms with E-state index in [9.17, 15) is 13.2 Å². The predicted octanol–water partition coefficient (Wildman–Crippen LogP) is 3.96. The second-order valence-corrected chi connectivity index (χ2v) is 5.41. The Balaban J connectivity index is 2.48. The first-order chi connectivity index (χ1) is 8.75. The van der Waals surface area contributed by atoms with Crippen LogP contribution in [0.3, 0.4) is 0 Å². The third kappa shape index (κ3) is 2.53. The summed E-state index contributed by atoms with van der Waals surface area (Å²) in [6.07, 6.45) is -2.58. The first-order valence-electron chi connectivity index (χ1n) is 6.15. The quantitative estimate of drug-likeness (QED) is 0.771. The van der Waals surface area contributed by atoms with E-state index in [1.54, 1.807) is 12.1 Å². The number of hydrogen-bond acceptors (Lipinski definition) is 2. The van der Waals surface area contributed by atoms with Gasteiger partial charge in [0, 0.05) is 17.8 Å². The van der Waals surface area contributed by atoms with Crippen LogP contribution in [-0.2, 0) is 6.18 Å². The van der Waals surface area contributed by atoms with E-state index in [1.165, 1.54) is 6.07 Å². The van der Waals surface area contributed by atoms with Gasteiger partial charge in [-0.2, -0.15) is 18.4 Å². The molecular weight excluding hydrogens is 253 g/mol. The van der Waals surface area contributed by atoms with Gasteiger partial charge in [-0.1, -0.05) is 0 Å². The maximum absolute atomic E-state index is 12.9. The molecule has 0 unspecified atom stereocenters. The fourth-order valence-electron chi connectivity index (χ4n) is 2.62. The van der Waals surface area contributed by atoms with E-state index in [2.05, 4.69) is 0 Å². The van der Waals surface area contributed by atoms with Crippen molar-refractivity contribution in [2.75, 3.05) is 11.4 Å². The summed E-state index contributed by atoms with van der Waals surface area (Å²) in [5, 5.41) is 8.78. The molecule has 0 aliphatic carbocycles. The Bertz CT molecular complexity index is 526. The van der Waals surface area contributed by atoms with Crippen LogP contribution in [0, 0.1) is 11.3 Å². The molecule has 1 fully saturated rings.